The van der Waals surface area contributed by atoms with Crippen molar-refractivity contribution in [2.45, 2.75) is 37.2 Å². The number of rotatable bonds is 0. The Kier molecular flexibility index (Phi) is 2.08. The standard InChI is InChI=1S/C8H15NO3/c10-5-2-1-3-9-4-6(11)8(12)7(5)9/h5-8,10-12H,1-4H2/t5-,6-,7+,8+/m1/s1. The summed E-state index contributed by atoms with van der Waals surface area (Å²) in [6.45, 7) is 1.39. The molecule has 0 aromatic carbocycles. The highest BCUT2D eigenvalue weighted by Crippen LogP contribution is 2.27. The maximum atomic E-state index is 9.55. The van der Waals surface area contributed by atoms with Crippen molar-refractivity contribution in [3.05, 3.63) is 0 Å². The van der Waals surface area contributed by atoms with E-state index in [2.05, 4.69) is 0 Å². The van der Waals surface area contributed by atoms with Crippen LogP contribution >= 0.6 is 0 Å². The molecule has 12 heavy (non-hydrogen) atoms. The summed E-state index contributed by atoms with van der Waals surface area (Å²) in [4.78, 5) is 1.98. The SMILES string of the molecule is O[C@@H]1[C@@H]2[C@H](O)CCCN2C[C@H]1O. The third-order valence-corrected chi connectivity index (χ3v) is 2.93. The molecular weight excluding hydrogens is 158 g/mol. The first kappa shape index (κ1) is 8.44. The van der Waals surface area contributed by atoms with Crippen LogP contribution in [0.5, 0.6) is 0 Å². The molecular formula is C8H15NO3. The fraction of sp³-hybridized carbons (Fsp3) is 1.00. The lowest BCUT2D eigenvalue weighted by Gasteiger charge is -2.34. The van der Waals surface area contributed by atoms with Gasteiger partial charge in [0.15, 0.2) is 0 Å². The van der Waals surface area contributed by atoms with Crippen molar-refractivity contribution >= 4 is 0 Å². The minimum atomic E-state index is -0.764. The molecule has 0 saturated carbocycles. The van der Waals surface area contributed by atoms with E-state index in [1.54, 1.807) is 0 Å². The zero-order chi connectivity index (χ0) is 8.72. The first-order valence-electron chi connectivity index (χ1n) is 4.48. The summed E-state index contributed by atoms with van der Waals surface area (Å²) in [6, 6.07) is -0.228. The zero-order valence-electron chi connectivity index (χ0n) is 6.93. The second-order valence-electron chi connectivity index (χ2n) is 3.75. The highest BCUT2D eigenvalue weighted by Gasteiger charge is 2.45. The van der Waals surface area contributed by atoms with Crippen LogP contribution in [0.15, 0.2) is 0 Å². The van der Waals surface area contributed by atoms with E-state index >= 15 is 0 Å². The molecule has 4 nitrogen and oxygen atoms in total. The summed E-state index contributed by atoms with van der Waals surface area (Å²) in [5, 5.41) is 28.4. The van der Waals surface area contributed by atoms with Crippen molar-refractivity contribution in [3.8, 4) is 0 Å². The van der Waals surface area contributed by atoms with Gasteiger partial charge in [0, 0.05) is 6.54 Å². The van der Waals surface area contributed by atoms with Gasteiger partial charge in [-0.2, -0.15) is 0 Å². The summed E-state index contributed by atoms with van der Waals surface area (Å²) in [5.74, 6) is 0. The Balaban J connectivity index is 2.12. The van der Waals surface area contributed by atoms with Crippen LogP contribution in [-0.4, -0.2) is 57.7 Å². The van der Waals surface area contributed by atoms with E-state index in [0.29, 0.717) is 6.54 Å². The Labute approximate surface area is 71.4 Å². The van der Waals surface area contributed by atoms with Crippen LogP contribution in [0.4, 0.5) is 0 Å². The Bertz CT molecular complexity index is 176. The molecule has 3 N–H and O–H groups in total. The molecule has 4 heteroatoms. The maximum absolute atomic E-state index is 9.55. The Hall–Kier alpha value is -0.160. The molecule has 0 aromatic rings. The van der Waals surface area contributed by atoms with E-state index in [-0.39, 0.29) is 6.04 Å². The van der Waals surface area contributed by atoms with Gasteiger partial charge >= 0.3 is 0 Å². The molecule has 2 heterocycles. The summed E-state index contributed by atoms with van der Waals surface area (Å²) in [6.07, 6.45) is -0.212. The zero-order valence-corrected chi connectivity index (χ0v) is 6.93. The van der Waals surface area contributed by atoms with Crippen molar-refractivity contribution in [1.29, 1.82) is 0 Å². The summed E-state index contributed by atoms with van der Waals surface area (Å²) >= 11 is 0. The normalized spacial score (nSPS) is 49.2. The quantitative estimate of drug-likeness (QED) is 0.419. The van der Waals surface area contributed by atoms with Gasteiger partial charge in [0.25, 0.3) is 0 Å². The van der Waals surface area contributed by atoms with Gasteiger partial charge in [0.05, 0.1) is 24.4 Å². The largest absolute Gasteiger partial charge is 0.391 e. The molecule has 4 atom stereocenters. The van der Waals surface area contributed by atoms with Gasteiger partial charge in [-0.05, 0) is 19.4 Å². The molecule has 0 aliphatic carbocycles. The highest BCUT2D eigenvalue weighted by molar-refractivity contribution is 4.99. The number of aliphatic hydroxyl groups is 3. The molecule has 0 radical (unpaired) electrons. The number of fused-ring (bicyclic) bond motifs is 1. The van der Waals surface area contributed by atoms with Gasteiger partial charge < -0.3 is 15.3 Å². The van der Waals surface area contributed by atoms with Crippen molar-refractivity contribution in [2.75, 3.05) is 13.1 Å². The van der Waals surface area contributed by atoms with Crippen LogP contribution in [0.25, 0.3) is 0 Å². The third-order valence-electron chi connectivity index (χ3n) is 2.93. The Morgan fingerprint density at radius 1 is 1.08 bits per heavy atom. The maximum Gasteiger partial charge on any atom is 0.0991 e. The smallest absolute Gasteiger partial charge is 0.0991 e. The molecule has 2 aliphatic heterocycles. The molecule has 2 fully saturated rings. The highest BCUT2D eigenvalue weighted by atomic mass is 16.3. The van der Waals surface area contributed by atoms with Crippen molar-refractivity contribution in [1.82, 2.24) is 4.90 Å². The summed E-state index contributed by atoms with van der Waals surface area (Å²) in [5.41, 5.74) is 0. The molecule has 0 amide bonds. The topological polar surface area (TPSA) is 63.9 Å². The fourth-order valence-corrected chi connectivity index (χ4v) is 2.30. The molecule has 0 spiro atoms. The van der Waals surface area contributed by atoms with E-state index in [1.165, 1.54) is 0 Å². The summed E-state index contributed by atoms with van der Waals surface area (Å²) < 4.78 is 0. The predicted molar refractivity (Wildman–Crippen MR) is 42.6 cm³/mol. The van der Waals surface area contributed by atoms with E-state index < -0.39 is 18.3 Å². The van der Waals surface area contributed by atoms with Gasteiger partial charge in [0.1, 0.15) is 0 Å². The molecule has 0 aromatic heterocycles. The minimum absolute atomic E-state index is 0.228. The van der Waals surface area contributed by atoms with Gasteiger partial charge in [-0.1, -0.05) is 0 Å². The molecule has 2 aliphatic rings. The average Bonchev–Trinajstić information content (AvgIpc) is 2.29. The number of aliphatic hydroxyl groups excluding tert-OH is 3. The van der Waals surface area contributed by atoms with Crippen molar-refractivity contribution in [3.63, 3.8) is 0 Å². The van der Waals surface area contributed by atoms with Crippen LogP contribution < -0.4 is 0 Å². The molecule has 2 saturated heterocycles. The van der Waals surface area contributed by atoms with Crippen molar-refractivity contribution < 1.29 is 15.3 Å². The summed E-state index contributed by atoms with van der Waals surface area (Å²) in [7, 11) is 0. The molecule has 2 rings (SSSR count). The Morgan fingerprint density at radius 2 is 1.83 bits per heavy atom. The first-order valence-corrected chi connectivity index (χ1v) is 4.48. The van der Waals surface area contributed by atoms with Crippen LogP contribution in [0, 0.1) is 0 Å². The van der Waals surface area contributed by atoms with E-state index in [1.807, 2.05) is 4.90 Å². The monoisotopic (exact) mass is 173 g/mol. The predicted octanol–water partition coefficient (Wildman–Crippen LogP) is -1.45. The van der Waals surface area contributed by atoms with Gasteiger partial charge in [0.2, 0.25) is 0 Å². The number of hydrogen-bond acceptors (Lipinski definition) is 4. The average molecular weight is 173 g/mol. The molecule has 0 bridgehead atoms. The number of hydrogen-bond donors (Lipinski definition) is 3. The number of piperidine rings is 1. The van der Waals surface area contributed by atoms with Crippen LogP contribution in [-0.2, 0) is 0 Å². The van der Waals surface area contributed by atoms with Crippen LogP contribution in [0.1, 0.15) is 12.8 Å². The lowest BCUT2D eigenvalue weighted by atomic mass is 9.97. The second-order valence-corrected chi connectivity index (χ2v) is 3.75. The fourth-order valence-electron chi connectivity index (χ4n) is 2.30. The Morgan fingerprint density at radius 3 is 2.50 bits per heavy atom. The lowest BCUT2D eigenvalue weighted by Crippen LogP contribution is -2.48. The first-order chi connectivity index (χ1) is 5.70. The van der Waals surface area contributed by atoms with E-state index in [4.69, 9.17) is 0 Å². The molecule has 0 unspecified atom stereocenters. The van der Waals surface area contributed by atoms with E-state index in [9.17, 15) is 15.3 Å². The number of nitrogens with zero attached hydrogens (tertiary/aromatic N) is 1. The second kappa shape index (κ2) is 2.96. The lowest BCUT2D eigenvalue weighted by molar-refractivity contribution is -0.0282. The van der Waals surface area contributed by atoms with Crippen LogP contribution in [0.2, 0.25) is 0 Å². The van der Waals surface area contributed by atoms with Gasteiger partial charge in [-0.25, -0.2) is 0 Å². The van der Waals surface area contributed by atoms with Gasteiger partial charge in [-0.3, -0.25) is 4.90 Å². The molecule has 70 valence electrons. The van der Waals surface area contributed by atoms with Crippen LogP contribution in [0.3, 0.4) is 0 Å². The van der Waals surface area contributed by atoms with Gasteiger partial charge in [-0.15, -0.1) is 0 Å². The minimum Gasteiger partial charge on any atom is -0.391 e. The van der Waals surface area contributed by atoms with E-state index in [0.717, 1.165) is 19.4 Å². The third kappa shape index (κ3) is 1.15. The van der Waals surface area contributed by atoms with Crippen molar-refractivity contribution in [2.24, 2.45) is 0 Å².